The van der Waals surface area contributed by atoms with Crippen molar-refractivity contribution in [2.45, 2.75) is 13.3 Å². The lowest BCUT2D eigenvalue weighted by Gasteiger charge is -2.06. The van der Waals surface area contributed by atoms with Gasteiger partial charge in [0.25, 0.3) is 5.91 Å². The van der Waals surface area contributed by atoms with Crippen molar-refractivity contribution in [3.05, 3.63) is 58.9 Å². The van der Waals surface area contributed by atoms with Gasteiger partial charge in [0.1, 0.15) is 5.15 Å². The third kappa shape index (κ3) is 2.87. The van der Waals surface area contributed by atoms with Crippen molar-refractivity contribution in [2.75, 3.05) is 5.32 Å². The maximum absolute atomic E-state index is 12.0. The van der Waals surface area contributed by atoms with Crippen molar-refractivity contribution < 1.29 is 4.79 Å². The molecule has 0 spiro atoms. The molecule has 0 saturated carbocycles. The van der Waals surface area contributed by atoms with E-state index in [1.165, 1.54) is 5.56 Å². The first-order chi connectivity index (χ1) is 8.70. The summed E-state index contributed by atoms with van der Waals surface area (Å²) in [7, 11) is 0. The molecular formula is C14H13ClN2O. The average Bonchev–Trinajstić information content (AvgIpc) is 2.40. The van der Waals surface area contributed by atoms with Crippen molar-refractivity contribution in [1.29, 1.82) is 0 Å². The summed E-state index contributed by atoms with van der Waals surface area (Å²) in [6, 6.07) is 11.1. The van der Waals surface area contributed by atoms with Crippen LogP contribution in [0.3, 0.4) is 0 Å². The van der Waals surface area contributed by atoms with Gasteiger partial charge in [0, 0.05) is 11.9 Å². The van der Waals surface area contributed by atoms with Crippen LogP contribution in [0.25, 0.3) is 0 Å². The van der Waals surface area contributed by atoms with Gasteiger partial charge in [-0.05, 0) is 36.2 Å². The van der Waals surface area contributed by atoms with E-state index in [1.807, 2.05) is 24.3 Å². The monoisotopic (exact) mass is 260 g/mol. The van der Waals surface area contributed by atoms with E-state index in [4.69, 9.17) is 11.6 Å². The highest BCUT2D eigenvalue weighted by Crippen LogP contribution is 2.15. The quantitative estimate of drug-likeness (QED) is 0.858. The predicted octanol–water partition coefficient (Wildman–Crippen LogP) is 3.55. The number of nitrogens with one attached hydrogen (secondary N) is 1. The minimum atomic E-state index is -0.252. The molecule has 18 heavy (non-hydrogen) atoms. The molecule has 0 unspecified atom stereocenters. The number of carbonyl (C=O) groups excluding carboxylic acids is 1. The fourth-order valence-electron chi connectivity index (χ4n) is 1.58. The number of carbonyl (C=O) groups is 1. The molecule has 1 amide bonds. The Balaban J connectivity index is 2.14. The molecule has 0 aliphatic rings. The lowest BCUT2D eigenvalue weighted by atomic mass is 10.1. The molecule has 1 aromatic carbocycles. The number of halogens is 1. The van der Waals surface area contributed by atoms with Crippen molar-refractivity contribution in [3.8, 4) is 0 Å². The molecular weight excluding hydrogens is 248 g/mol. The summed E-state index contributed by atoms with van der Waals surface area (Å²) < 4.78 is 0. The van der Waals surface area contributed by atoms with Gasteiger partial charge in [-0.15, -0.1) is 0 Å². The number of aromatic nitrogens is 1. The second kappa shape index (κ2) is 5.65. The number of benzene rings is 1. The van der Waals surface area contributed by atoms with Crippen LogP contribution in [0, 0.1) is 0 Å². The number of amides is 1. The number of nitrogens with zero attached hydrogens (tertiary/aromatic N) is 1. The Kier molecular flexibility index (Phi) is 3.95. The summed E-state index contributed by atoms with van der Waals surface area (Å²) in [5.41, 5.74) is 2.35. The van der Waals surface area contributed by atoms with Gasteiger partial charge in [-0.2, -0.15) is 0 Å². The number of hydrogen-bond donors (Lipinski definition) is 1. The first-order valence-electron chi connectivity index (χ1n) is 5.71. The van der Waals surface area contributed by atoms with Gasteiger partial charge >= 0.3 is 0 Å². The highest BCUT2D eigenvalue weighted by molar-refractivity contribution is 6.33. The lowest BCUT2D eigenvalue weighted by molar-refractivity contribution is 0.102. The van der Waals surface area contributed by atoms with E-state index in [2.05, 4.69) is 17.2 Å². The highest BCUT2D eigenvalue weighted by atomic mass is 35.5. The standard InChI is InChI=1S/C14H13ClN2O/c1-2-10-5-7-11(8-6-10)17-14(18)12-4-3-9-16-13(12)15/h3-9H,2H2,1H3,(H,17,18). The molecule has 0 radical (unpaired) electrons. The topological polar surface area (TPSA) is 42.0 Å². The van der Waals surface area contributed by atoms with E-state index < -0.39 is 0 Å². The van der Waals surface area contributed by atoms with Crippen molar-refractivity contribution >= 4 is 23.2 Å². The van der Waals surface area contributed by atoms with Gasteiger partial charge in [0.05, 0.1) is 5.56 Å². The van der Waals surface area contributed by atoms with Crippen molar-refractivity contribution in [2.24, 2.45) is 0 Å². The number of pyridine rings is 1. The Bertz CT molecular complexity index is 552. The van der Waals surface area contributed by atoms with Crippen LogP contribution in [0.5, 0.6) is 0 Å². The molecule has 92 valence electrons. The molecule has 4 heteroatoms. The van der Waals surface area contributed by atoms with Crippen LogP contribution >= 0.6 is 11.6 Å². The van der Waals surface area contributed by atoms with Gasteiger partial charge in [-0.25, -0.2) is 4.98 Å². The molecule has 1 heterocycles. The van der Waals surface area contributed by atoms with E-state index >= 15 is 0 Å². The largest absolute Gasteiger partial charge is 0.322 e. The molecule has 2 rings (SSSR count). The first-order valence-corrected chi connectivity index (χ1v) is 6.09. The van der Waals surface area contributed by atoms with Gasteiger partial charge < -0.3 is 5.32 Å². The maximum Gasteiger partial charge on any atom is 0.258 e. The molecule has 0 atom stereocenters. The van der Waals surface area contributed by atoms with Crippen LogP contribution in [0.15, 0.2) is 42.6 Å². The Labute approximate surface area is 111 Å². The number of aryl methyl sites for hydroxylation is 1. The molecule has 0 saturated heterocycles. The van der Waals surface area contributed by atoms with Gasteiger partial charge in [0.15, 0.2) is 0 Å². The van der Waals surface area contributed by atoms with Gasteiger partial charge in [-0.3, -0.25) is 4.79 Å². The van der Waals surface area contributed by atoms with E-state index in [0.29, 0.717) is 5.56 Å². The van der Waals surface area contributed by atoms with Gasteiger partial charge in [-0.1, -0.05) is 30.7 Å². The SMILES string of the molecule is CCc1ccc(NC(=O)c2cccnc2Cl)cc1. The lowest BCUT2D eigenvalue weighted by Crippen LogP contribution is -2.12. The minimum Gasteiger partial charge on any atom is -0.322 e. The Morgan fingerprint density at radius 3 is 2.61 bits per heavy atom. The van der Waals surface area contributed by atoms with Crippen LogP contribution in [-0.4, -0.2) is 10.9 Å². The van der Waals surface area contributed by atoms with E-state index in [9.17, 15) is 4.79 Å². The fraction of sp³-hybridized carbons (Fsp3) is 0.143. The summed E-state index contributed by atoms with van der Waals surface area (Å²) in [4.78, 5) is 15.8. The highest BCUT2D eigenvalue weighted by Gasteiger charge is 2.10. The van der Waals surface area contributed by atoms with Crippen molar-refractivity contribution in [3.63, 3.8) is 0 Å². The predicted molar refractivity (Wildman–Crippen MR) is 73.0 cm³/mol. The number of rotatable bonds is 3. The Morgan fingerprint density at radius 2 is 2.00 bits per heavy atom. The number of hydrogen-bond acceptors (Lipinski definition) is 2. The normalized spacial score (nSPS) is 10.1. The second-order valence-electron chi connectivity index (χ2n) is 3.85. The summed E-state index contributed by atoms with van der Waals surface area (Å²) in [5.74, 6) is -0.252. The summed E-state index contributed by atoms with van der Waals surface area (Å²) in [6.45, 7) is 2.09. The average molecular weight is 261 g/mol. The molecule has 0 aliphatic heterocycles. The number of anilines is 1. The minimum absolute atomic E-state index is 0.208. The molecule has 1 N–H and O–H groups in total. The van der Waals surface area contributed by atoms with E-state index in [-0.39, 0.29) is 11.1 Å². The third-order valence-corrected chi connectivity index (χ3v) is 2.92. The molecule has 0 bridgehead atoms. The zero-order valence-corrected chi connectivity index (χ0v) is 10.7. The van der Waals surface area contributed by atoms with E-state index in [0.717, 1.165) is 12.1 Å². The van der Waals surface area contributed by atoms with Crippen LogP contribution < -0.4 is 5.32 Å². The van der Waals surface area contributed by atoms with Crippen LogP contribution in [0.4, 0.5) is 5.69 Å². The molecule has 3 nitrogen and oxygen atoms in total. The zero-order valence-electron chi connectivity index (χ0n) is 9.98. The van der Waals surface area contributed by atoms with Crippen LogP contribution in [0.2, 0.25) is 5.15 Å². The second-order valence-corrected chi connectivity index (χ2v) is 4.20. The Hall–Kier alpha value is -1.87. The van der Waals surface area contributed by atoms with Crippen LogP contribution in [0.1, 0.15) is 22.8 Å². The molecule has 2 aromatic rings. The summed E-state index contributed by atoms with van der Waals surface area (Å²) in [6.07, 6.45) is 2.53. The first kappa shape index (κ1) is 12.6. The zero-order chi connectivity index (χ0) is 13.0. The summed E-state index contributed by atoms with van der Waals surface area (Å²) >= 11 is 5.86. The smallest absolute Gasteiger partial charge is 0.258 e. The maximum atomic E-state index is 12.0. The molecule has 1 aromatic heterocycles. The Morgan fingerprint density at radius 1 is 1.28 bits per heavy atom. The third-order valence-electron chi connectivity index (χ3n) is 2.62. The van der Waals surface area contributed by atoms with Gasteiger partial charge in [0.2, 0.25) is 0 Å². The van der Waals surface area contributed by atoms with Crippen molar-refractivity contribution in [1.82, 2.24) is 4.98 Å². The molecule has 0 fully saturated rings. The van der Waals surface area contributed by atoms with E-state index in [1.54, 1.807) is 18.3 Å². The fourth-order valence-corrected chi connectivity index (χ4v) is 1.78. The van der Waals surface area contributed by atoms with Crippen LogP contribution in [-0.2, 0) is 6.42 Å². The molecule has 0 aliphatic carbocycles. The summed E-state index contributed by atoms with van der Waals surface area (Å²) in [5, 5.41) is 3.00.